The number of carbonyl (C=O) groups excluding carboxylic acids is 2. The Morgan fingerprint density at radius 2 is 2.12 bits per heavy atom. The third-order valence-corrected chi connectivity index (χ3v) is 5.28. The monoisotopic (exact) mass is 343 g/mol. The lowest BCUT2D eigenvalue weighted by molar-refractivity contribution is -0.163. The molecule has 0 bridgehead atoms. The maximum Gasteiger partial charge on any atom is 0.321 e. The van der Waals surface area contributed by atoms with Crippen molar-refractivity contribution < 1.29 is 24.2 Å². The molecule has 0 saturated carbocycles. The van der Waals surface area contributed by atoms with Gasteiger partial charge >= 0.3 is 11.9 Å². The van der Waals surface area contributed by atoms with Crippen LogP contribution in [0.25, 0.3) is 10.9 Å². The zero-order valence-corrected chi connectivity index (χ0v) is 14.5. The number of carboxylic acids is 1. The van der Waals surface area contributed by atoms with E-state index >= 15 is 0 Å². The van der Waals surface area contributed by atoms with Crippen molar-refractivity contribution in [1.29, 1.82) is 0 Å². The molecule has 1 aromatic heterocycles. The average Bonchev–Trinajstić information content (AvgIpc) is 2.96. The number of rotatable bonds is 4. The Morgan fingerprint density at radius 1 is 1.40 bits per heavy atom. The summed E-state index contributed by atoms with van der Waals surface area (Å²) in [5, 5.41) is 10.4. The van der Waals surface area contributed by atoms with Crippen molar-refractivity contribution >= 4 is 28.6 Å². The molecule has 2 unspecified atom stereocenters. The molecule has 6 heteroatoms. The van der Waals surface area contributed by atoms with E-state index in [1.165, 1.54) is 6.92 Å². The maximum absolute atomic E-state index is 13.3. The molecule has 0 aliphatic carbocycles. The molecule has 2 aromatic rings. The topological polar surface area (TPSA) is 85.6 Å². The van der Waals surface area contributed by atoms with E-state index in [1.807, 2.05) is 29.7 Å². The third-order valence-electron chi connectivity index (χ3n) is 5.28. The Hall–Kier alpha value is -2.63. The number of benzene rings is 1. The van der Waals surface area contributed by atoms with Crippen molar-refractivity contribution in [2.75, 3.05) is 6.61 Å². The molecule has 0 spiro atoms. The highest BCUT2D eigenvalue weighted by atomic mass is 16.5. The van der Waals surface area contributed by atoms with E-state index in [4.69, 9.17) is 4.74 Å². The zero-order valence-electron chi connectivity index (χ0n) is 14.5. The minimum Gasteiger partial charge on any atom is -0.481 e. The second-order valence-electron chi connectivity index (χ2n) is 6.52. The molecule has 0 fully saturated rings. The SMILES string of the molecule is CCOC(=O)C1(C(C)C(=O)O)CCn2c(cc3c(C)cccc32)C1=O. The van der Waals surface area contributed by atoms with Crippen LogP contribution in [0.15, 0.2) is 24.3 Å². The molecular weight excluding hydrogens is 322 g/mol. The quantitative estimate of drug-likeness (QED) is 0.681. The van der Waals surface area contributed by atoms with Crippen LogP contribution in [0.3, 0.4) is 0 Å². The van der Waals surface area contributed by atoms with Gasteiger partial charge in [-0.05, 0) is 38.0 Å². The van der Waals surface area contributed by atoms with E-state index in [0.29, 0.717) is 12.2 Å². The van der Waals surface area contributed by atoms with Gasteiger partial charge in [-0.15, -0.1) is 0 Å². The van der Waals surface area contributed by atoms with Crippen molar-refractivity contribution in [2.24, 2.45) is 11.3 Å². The maximum atomic E-state index is 13.3. The van der Waals surface area contributed by atoms with Gasteiger partial charge in [0.1, 0.15) is 5.41 Å². The van der Waals surface area contributed by atoms with E-state index in [-0.39, 0.29) is 13.0 Å². The number of aliphatic carboxylic acids is 1. The molecule has 1 N–H and O–H groups in total. The van der Waals surface area contributed by atoms with Gasteiger partial charge in [0.25, 0.3) is 0 Å². The molecule has 0 radical (unpaired) electrons. The smallest absolute Gasteiger partial charge is 0.321 e. The minimum atomic E-state index is -1.68. The first-order chi connectivity index (χ1) is 11.8. The van der Waals surface area contributed by atoms with Gasteiger partial charge in [0.15, 0.2) is 5.78 Å². The van der Waals surface area contributed by atoms with Crippen LogP contribution in [0.1, 0.15) is 36.3 Å². The first-order valence-corrected chi connectivity index (χ1v) is 8.38. The van der Waals surface area contributed by atoms with Crippen LogP contribution < -0.4 is 0 Å². The number of ether oxygens (including phenoxy) is 1. The first kappa shape index (κ1) is 17.2. The lowest BCUT2D eigenvalue weighted by Crippen LogP contribution is -2.52. The number of carbonyl (C=O) groups is 3. The van der Waals surface area contributed by atoms with E-state index in [2.05, 4.69) is 0 Å². The van der Waals surface area contributed by atoms with Gasteiger partial charge in [-0.1, -0.05) is 19.1 Å². The van der Waals surface area contributed by atoms with Crippen LogP contribution in [-0.2, 0) is 20.9 Å². The molecule has 0 saturated heterocycles. The third kappa shape index (κ3) is 2.35. The number of nitrogens with zero attached hydrogens (tertiary/aromatic N) is 1. The summed E-state index contributed by atoms with van der Waals surface area (Å²) in [7, 11) is 0. The number of hydrogen-bond donors (Lipinski definition) is 1. The van der Waals surface area contributed by atoms with Crippen molar-refractivity contribution in [3.8, 4) is 0 Å². The summed E-state index contributed by atoms with van der Waals surface area (Å²) in [6, 6.07) is 7.56. The highest BCUT2D eigenvalue weighted by Crippen LogP contribution is 2.43. The van der Waals surface area contributed by atoms with Crippen LogP contribution in [0.5, 0.6) is 0 Å². The highest BCUT2D eigenvalue weighted by molar-refractivity contribution is 6.16. The Kier molecular flexibility index (Phi) is 4.14. The molecule has 2 heterocycles. The summed E-state index contributed by atoms with van der Waals surface area (Å²) in [5.74, 6) is -3.56. The predicted molar refractivity (Wildman–Crippen MR) is 91.5 cm³/mol. The van der Waals surface area contributed by atoms with Gasteiger partial charge in [0.2, 0.25) is 0 Å². The minimum absolute atomic E-state index is 0.0995. The number of hydrogen-bond acceptors (Lipinski definition) is 4. The van der Waals surface area contributed by atoms with Crippen LogP contribution in [0.2, 0.25) is 0 Å². The fourth-order valence-corrected chi connectivity index (χ4v) is 3.75. The number of fused-ring (bicyclic) bond motifs is 3. The van der Waals surface area contributed by atoms with Crippen molar-refractivity contribution in [3.05, 3.63) is 35.5 Å². The normalized spacial score (nSPS) is 21.0. The molecule has 1 aliphatic rings. The number of aromatic nitrogens is 1. The van der Waals surface area contributed by atoms with Crippen LogP contribution in [0, 0.1) is 18.3 Å². The van der Waals surface area contributed by atoms with Crippen LogP contribution in [0.4, 0.5) is 0 Å². The standard InChI is InChI=1S/C19H21NO5/c1-4-25-18(24)19(12(3)17(22)23)8-9-20-14-7-5-6-11(2)13(14)10-15(20)16(19)21/h5-7,10,12H,4,8-9H2,1-3H3,(H,22,23). The molecule has 6 nitrogen and oxygen atoms in total. The summed E-state index contributed by atoms with van der Waals surface area (Å²) in [5.41, 5.74) is 0.640. The molecule has 1 aliphatic heterocycles. The molecule has 0 amide bonds. The summed E-state index contributed by atoms with van der Waals surface area (Å²) in [6.45, 7) is 5.50. The Labute approximate surface area is 145 Å². The molecule has 3 rings (SSSR count). The summed E-state index contributed by atoms with van der Waals surface area (Å²) < 4.78 is 6.98. The van der Waals surface area contributed by atoms with E-state index < -0.39 is 29.1 Å². The average molecular weight is 343 g/mol. The van der Waals surface area contributed by atoms with Gasteiger partial charge in [0, 0.05) is 17.4 Å². The zero-order chi connectivity index (χ0) is 18.4. The van der Waals surface area contributed by atoms with Crippen LogP contribution >= 0.6 is 0 Å². The number of esters is 1. The van der Waals surface area contributed by atoms with Crippen molar-refractivity contribution in [1.82, 2.24) is 4.57 Å². The second-order valence-corrected chi connectivity index (χ2v) is 6.52. The first-order valence-electron chi connectivity index (χ1n) is 8.38. The van der Waals surface area contributed by atoms with E-state index in [1.54, 1.807) is 13.0 Å². The number of carboxylic acid groups (broad SMARTS) is 1. The predicted octanol–water partition coefficient (Wildman–Crippen LogP) is 2.81. The number of aryl methyl sites for hydroxylation is 2. The lowest BCUT2D eigenvalue weighted by atomic mass is 9.68. The summed E-state index contributed by atoms with van der Waals surface area (Å²) >= 11 is 0. The number of Topliss-reactive ketones (excluding diaryl/α,β-unsaturated/α-hetero) is 1. The summed E-state index contributed by atoms with van der Waals surface area (Å²) in [6.07, 6.45) is 0.114. The van der Waals surface area contributed by atoms with E-state index in [0.717, 1.165) is 16.5 Å². The van der Waals surface area contributed by atoms with Gasteiger partial charge in [0.05, 0.1) is 18.2 Å². The van der Waals surface area contributed by atoms with E-state index in [9.17, 15) is 19.5 Å². The number of ketones is 1. The fraction of sp³-hybridized carbons (Fsp3) is 0.421. The lowest BCUT2D eigenvalue weighted by Gasteiger charge is -2.37. The largest absolute Gasteiger partial charge is 0.481 e. The molecule has 132 valence electrons. The highest BCUT2D eigenvalue weighted by Gasteiger charge is 2.56. The fourth-order valence-electron chi connectivity index (χ4n) is 3.75. The Morgan fingerprint density at radius 3 is 2.76 bits per heavy atom. The van der Waals surface area contributed by atoms with Crippen molar-refractivity contribution in [2.45, 2.75) is 33.7 Å². The molecule has 1 aromatic carbocycles. The van der Waals surface area contributed by atoms with Gasteiger partial charge in [-0.3, -0.25) is 14.4 Å². The Bertz CT molecular complexity index is 881. The van der Waals surface area contributed by atoms with Crippen molar-refractivity contribution in [3.63, 3.8) is 0 Å². The second kappa shape index (κ2) is 6.02. The Balaban J connectivity index is 2.20. The molecular formula is C19H21NO5. The molecule has 2 atom stereocenters. The van der Waals surface area contributed by atoms with Gasteiger partial charge in [-0.2, -0.15) is 0 Å². The molecule has 25 heavy (non-hydrogen) atoms. The summed E-state index contributed by atoms with van der Waals surface area (Å²) in [4.78, 5) is 37.6. The van der Waals surface area contributed by atoms with Crippen LogP contribution in [-0.4, -0.2) is 34.0 Å². The van der Waals surface area contributed by atoms with Gasteiger partial charge in [-0.25, -0.2) is 0 Å². The van der Waals surface area contributed by atoms with Gasteiger partial charge < -0.3 is 14.4 Å².